The molecule has 192 valence electrons. The second-order valence-electron chi connectivity index (χ2n) is 9.45. The fourth-order valence-corrected chi connectivity index (χ4v) is 5.17. The van der Waals surface area contributed by atoms with Crippen molar-refractivity contribution < 1.29 is 9.13 Å². The van der Waals surface area contributed by atoms with E-state index in [0.29, 0.717) is 35.1 Å². The van der Waals surface area contributed by atoms with Gasteiger partial charge in [0, 0.05) is 52.9 Å². The van der Waals surface area contributed by atoms with Gasteiger partial charge in [-0.15, -0.1) is 0 Å². The number of fused-ring (bicyclic) bond motifs is 3. The zero-order valence-electron chi connectivity index (χ0n) is 21.3. The van der Waals surface area contributed by atoms with Gasteiger partial charge in [-0.25, -0.2) is 14.2 Å². The van der Waals surface area contributed by atoms with Crippen LogP contribution in [0.25, 0.3) is 32.5 Å². The summed E-state index contributed by atoms with van der Waals surface area (Å²) >= 11 is 0. The summed E-state index contributed by atoms with van der Waals surface area (Å²) in [4.78, 5) is 12.4. The lowest BCUT2D eigenvalue weighted by molar-refractivity contribution is 0.483. The lowest BCUT2D eigenvalue weighted by Gasteiger charge is -2.22. The van der Waals surface area contributed by atoms with E-state index in [1.807, 2.05) is 89.8 Å². The van der Waals surface area contributed by atoms with Crippen LogP contribution < -0.4 is 14.5 Å². The van der Waals surface area contributed by atoms with Crippen molar-refractivity contribution in [2.45, 2.75) is 0 Å². The zero-order chi connectivity index (χ0) is 27.1. The van der Waals surface area contributed by atoms with E-state index in [1.165, 1.54) is 6.07 Å². The van der Waals surface area contributed by atoms with Gasteiger partial charge < -0.3 is 14.5 Å². The quantitative estimate of drug-likeness (QED) is 0.213. The maximum absolute atomic E-state index is 15.0. The number of rotatable bonds is 5. The largest absolute Gasteiger partial charge is 0.459 e. The monoisotopic (exact) mass is 523 g/mol. The molecule has 7 heteroatoms. The Hall–Kier alpha value is -5.61. The van der Waals surface area contributed by atoms with Crippen LogP contribution in [0.4, 0.5) is 21.5 Å². The minimum atomic E-state index is -0.288. The standard InChI is InChI=1S/C33H22FN5O/c1-35-23-18-25(38-17-16-37(22-38)24-8-3-2-4-9-24)20-27(19-23)40-26-13-14-28-31(21-26)39(32-12-5-6-15-36-32)30-11-7-10-29(34)33(28)30/h2-21H,22H2. The van der Waals surface area contributed by atoms with Crippen LogP contribution in [0, 0.1) is 12.4 Å². The third kappa shape index (κ3) is 4.08. The van der Waals surface area contributed by atoms with Crippen LogP contribution in [0.2, 0.25) is 0 Å². The van der Waals surface area contributed by atoms with Crippen molar-refractivity contribution in [1.82, 2.24) is 9.55 Å². The van der Waals surface area contributed by atoms with Gasteiger partial charge in [0.05, 0.1) is 24.3 Å². The Kier molecular flexibility index (Phi) is 5.64. The Balaban J connectivity index is 1.26. The summed E-state index contributed by atoms with van der Waals surface area (Å²) in [5, 5.41) is 1.31. The van der Waals surface area contributed by atoms with E-state index in [1.54, 1.807) is 18.3 Å². The number of benzene rings is 4. The molecule has 6 nitrogen and oxygen atoms in total. The summed E-state index contributed by atoms with van der Waals surface area (Å²) in [7, 11) is 0. The molecule has 0 atom stereocenters. The summed E-state index contributed by atoms with van der Waals surface area (Å²) in [5.74, 6) is 1.51. The van der Waals surface area contributed by atoms with Gasteiger partial charge in [-0.1, -0.05) is 30.3 Å². The molecule has 2 aromatic heterocycles. The van der Waals surface area contributed by atoms with Gasteiger partial charge in [0.1, 0.15) is 23.1 Å². The molecule has 1 aliphatic rings. The molecule has 40 heavy (non-hydrogen) atoms. The summed E-state index contributed by atoms with van der Waals surface area (Å²) in [6, 6.07) is 31.9. The molecule has 4 aromatic carbocycles. The molecule has 0 spiro atoms. The molecule has 0 fully saturated rings. The van der Waals surface area contributed by atoms with Crippen molar-refractivity contribution in [1.29, 1.82) is 0 Å². The smallest absolute Gasteiger partial charge is 0.192 e. The highest BCUT2D eigenvalue weighted by atomic mass is 19.1. The van der Waals surface area contributed by atoms with Crippen molar-refractivity contribution in [3.8, 4) is 17.3 Å². The number of nitrogens with zero attached hydrogens (tertiary/aromatic N) is 5. The first-order chi connectivity index (χ1) is 19.7. The highest BCUT2D eigenvalue weighted by Gasteiger charge is 2.19. The molecular formula is C33H22FN5O. The van der Waals surface area contributed by atoms with Crippen LogP contribution in [0.15, 0.2) is 122 Å². The van der Waals surface area contributed by atoms with Gasteiger partial charge in [0.2, 0.25) is 0 Å². The SMILES string of the molecule is [C-]#[N+]c1cc(Oc2ccc3c4c(F)cccc4n(-c4ccccn4)c3c2)cc(N2C=CN(c3ccccc3)C2)c1. The van der Waals surface area contributed by atoms with E-state index in [-0.39, 0.29) is 5.82 Å². The summed E-state index contributed by atoms with van der Waals surface area (Å²) in [6.07, 6.45) is 5.73. The molecular weight excluding hydrogens is 501 g/mol. The predicted molar refractivity (Wildman–Crippen MR) is 157 cm³/mol. The lowest BCUT2D eigenvalue weighted by Crippen LogP contribution is -2.24. The number of para-hydroxylation sites is 1. The number of aromatic nitrogens is 2. The van der Waals surface area contributed by atoms with Gasteiger partial charge in [0.25, 0.3) is 0 Å². The molecule has 0 saturated carbocycles. The maximum atomic E-state index is 15.0. The van der Waals surface area contributed by atoms with Crippen LogP contribution in [0.1, 0.15) is 0 Å². The van der Waals surface area contributed by atoms with Crippen molar-refractivity contribution in [2.24, 2.45) is 0 Å². The van der Waals surface area contributed by atoms with Crippen LogP contribution in [0.3, 0.4) is 0 Å². The van der Waals surface area contributed by atoms with Gasteiger partial charge in [0.15, 0.2) is 5.69 Å². The Bertz CT molecular complexity index is 1940. The zero-order valence-corrected chi connectivity index (χ0v) is 21.3. The number of hydrogen-bond donors (Lipinski definition) is 0. The Morgan fingerprint density at radius 2 is 1.57 bits per heavy atom. The summed E-state index contributed by atoms with van der Waals surface area (Å²) in [5.41, 5.74) is 3.92. The third-order valence-corrected chi connectivity index (χ3v) is 6.98. The fourth-order valence-electron chi connectivity index (χ4n) is 5.17. The van der Waals surface area contributed by atoms with E-state index < -0.39 is 0 Å². The Labute approximate surface area is 230 Å². The molecule has 0 bridgehead atoms. The number of ether oxygens (including phenoxy) is 1. The van der Waals surface area contributed by atoms with Crippen LogP contribution in [0.5, 0.6) is 11.5 Å². The summed E-state index contributed by atoms with van der Waals surface area (Å²) < 4.78 is 23.3. The highest BCUT2D eigenvalue weighted by molar-refractivity contribution is 6.09. The first-order valence-corrected chi connectivity index (χ1v) is 12.8. The first kappa shape index (κ1) is 23.5. The van der Waals surface area contributed by atoms with E-state index in [0.717, 1.165) is 27.8 Å². The molecule has 1 aliphatic heterocycles. The molecule has 0 amide bonds. The second kappa shape index (κ2) is 9.61. The van der Waals surface area contributed by atoms with E-state index in [2.05, 4.69) is 31.8 Å². The van der Waals surface area contributed by atoms with Gasteiger partial charge in [-0.05, 0) is 60.7 Å². The molecule has 0 radical (unpaired) electrons. The van der Waals surface area contributed by atoms with Crippen LogP contribution in [-0.2, 0) is 0 Å². The van der Waals surface area contributed by atoms with Gasteiger partial charge in [-0.2, -0.15) is 0 Å². The molecule has 0 aliphatic carbocycles. The van der Waals surface area contributed by atoms with Crippen LogP contribution in [-0.4, -0.2) is 16.2 Å². The number of pyridine rings is 1. The average molecular weight is 524 g/mol. The molecule has 0 N–H and O–H groups in total. The topological polar surface area (TPSA) is 37.9 Å². The predicted octanol–water partition coefficient (Wildman–Crippen LogP) is 8.42. The van der Waals surface area contributed by atoms with Crippen molar-refractivity contribution in [2.75, 3.05) is 16.5 Å². The van der Waals surface area contributed by atoms with Gasteiger partial charge in [-0.3, -0.25) is 4.57 Å². The Morgan fingerprint density at radius 3 is 2.38 bits per heavy atom. The van der Waals surface area contributed by atoms with Crippen molar-refractivity contribution in [3.63, 3.8) is 0 Å². The molecule has 0 saturated heterocycles. The highest BCUT2D eigenvalue weighted by Crippen LogP contribution is 2.38. The number of halogens is 1. The second-order valence-corrected chi connectivity index (χ2v) is 9.45. The van der Waals surface area contributed by atoms with E-state index in [9.17, 15) is 4.39 Å². The molecule has 3 heterocycles. The maximum Gasteiger partial charge on any atom is 0.192 e. The minimum Gasteiger partial charge on any atom is -0.459 e. The minimum absolute atomic E-state index is 0.288. The van der Waals surface area contributed by atoms with Crippen molar-refractivity contribution >= 4 is 38.9 Å². The Morgan fingerprint density at radius 1 is 0.750 bits per heavy atom. The fraction of sp³-hybridized carbons (Fsp3) is 0.0303. The van der Waals surface area contributed by atoms with E-state index >= 15 is 0 Å². The first-order valence-electron chi connectivity index (χ1n) is 12.8. The number of hydrogen-bond acceptors (Lipinski definition) is 4. The van der Waals surface area contributed by atoms with Crippen LogP contribution >= 0.6 is 0 Å². The summed E-state index contributed by atoms with van der Waals surface area (Å²) in [6.45, 7) is 8.27. The van der Waals surface area contributed by atoms with Crippen molar-refractivity contribution in [3.05, 3.63) is 139 Å². The van der Waals surface area contributed by atoms with Gasteiger partial charge >= 0.3 is 0 Å². The number of anilines is 2. The van der Waals surface area contributed by atoms with E-state index in [4.69, 9.17) is 11.3 Å². The third-order valence-electron chi connectivity index (χ3n) is 6.98. The molecule has 7 rings (SSSR count). The lowest BCUT2D eigenvalue weighted by atomic mass is 10.1. The molecule has 0 unspecified atom stereocenters. The normalized spacial score (nSPS) is 12.8. The molecule has 6 aromatic rings. The average Bonchev–Trinajstić information content (AvgIpc) is 3.62.